The first-order valence-electron chi connectivity index (χ1n) is 6.52. The van der Waals surface area contributed by atoms with Crippen molar-refractivity contribution in [3.8, 4) is 0 Å². The van der Waals surface area contributed by atoms with Gasteiger partial charge < -0.3 is 10.4 Å². The van der Waals surface area contributed by atoms with Gasteiger partial charge in [-0.15, -0.1) is 0 Å². The summed E-state index contributed by atoms with van der Waals surface area (Å²) in [5.41, 5.74) is 1.54. The lowest BCUT2D eigenvalue weighted by Crippen LogP contribution is -2.31. The minimum absolute atomic E-state index is 0.0211. The molecule has 0 aliphatic carbocycles. The highest BCUT2D eigenvalue weighted by Gasteiger charge is 2.41. The molecule has 1 heterocycles. The third-order valence-electron chi connectivity index (χ3n) is 3.80. The fourth-order valence-electron chi connectivity index (χ4n) is 2.64. The zero-order valence-electron chi connectivity index (χ0n) is 11.3. The molecule has 0 bridgehead atoms. The summed E-state index contributed by atoms with van der Waals surface area (Å²) in [5, 5.41) is 11.8. The Hall–Kier alpha value is -1.84. The molecule has 1 aliphatic heterocycles. The van der Waals surface area contributed by atoms with Crippen LogP contribution >= 0.6 is 0 Å². The van der Waals surface area contributed by atoms with E-state index in [0.717, 1.165) is 5.56 Å². The van der Waals surface area contributed by atoms with Gasteiger partial charge in [0, 0.05) is 18.4 Å². The molecule has 2 rings (SSSR count). The molecule has 102 valence electrons. The van der Waals surface area contributed by atoms with Crippen LogP contribution in [0.15, 0.2) is 24.3 Å². The van der Waals surface area contributed by atoms with Crippen molar-refractivity contribution in [1.29, 1.82) is 0 Å². The van der Waals surface area contributed by atoms with E-state index in [1.807, 2.05) is 24.3 Å². The number of hydrogen-bond acceptors (Lipinski definition) is 2. The van der Waals surface area contributed by atoms with Crippen molar-refractivity contribution in [2.24, 2.45) is 0 Å². The number of carbonyl (C=O) groups excluding carboxylic acids is 1. The normalized spacial score (nSPS) is 22.6. The second kappa shape index (κ2) is 5.03. The SMILES string of the molecule is CC(C)c1ccc(C2(CC(=O)O)CNC(=O)C2)cc1. The first-order chi connectivity index (χ1) is 8.93. The number of amides is 1. The van der Waals surface area contributed by atoms with E-state index in [9.17, 15) is 9.59 Å². The van der Waals surface area contributed by atoms with E-state index >= 15 is 0 Å². The first-order valence-corrected chi connectivity index (χ1v) is 6.52. The van der Waals surface area contributed by atoms with Gasteiger partial charge >= 0.3 is 5.97 Å². The maximum absolute atomic E-state index is 11.5. The summed E-state index contributed by atoms with van der Waals surface area (Å²) >= 11 is 0. The molecule has 0 aromatic heterocycles. The molecule has 0 radical (unpaired) electrons. The third-order valence-corrected chi connectivity index (χ3v) is 3.80. The third kappa shape index (κ3) is 2.78. The van der Waals surface area contributed by atoms with Crippen LogP contribution < -0.4 is 5.32 Å². The number of hydrogen-bond donors (Lipinski definition) is 2. The molecule has 19 heavy (non-hydrogen) atoms. The van der Waals surface area contributed by atoms with Crippen molar-refractivity contribution in [1.82, 2.24) is 5.32 Å². The van der Waals surface area contributed by atoms with Crippen LogP contribution in [0, 0.1) is 0 Å². The van der Waals surface area contributed by atoms with Gasteiger partial charge in [-0.3, -0.25) is 9.59 Å². The van der Waals surface area contributed by atoms with Gasteiger partial charge in [0.1, 0.15) is 0 Å². The maximum Gasteiger partial charge on any atom is 0.304 e. The molecule has 1 saturated heterocycles. The van der Waals surface area contributed by atoms with E-state index in [-0.39, 0.29) is 18.7 Å². The Labute approximate surface area is 112 Å². The van der Waals surface area contributed by atoms with Gasteiger partial charge in [0.25, 0.3) is 0 Å². The lowest BCUT2D eigenvalue weighted by atomic mass is 9.76. The van der Waals surface area contributed by atoms with Crippen molar-refractivity contribution in [2.45, 2.75) is 38.0 Å². The highest BCUT2D eigenvalue weighted by Crippen LogP contribution is 2.35. The van der Waals surface area contributed by atoms with Crippen LogP contribution in [0.2, 0.25) is 0 Å². The lowest BCUT2D eigenvalue weighted by molar-refractivity contribution is -0.138. The van der Waals surface area contributed by atoms with Gasteiger partial charge in [-0.1, -0.05) is 38.1 Å². The molecule has 1 unspecified atom stereocenters. The molecular weight excluding hydrogens is 242 g/mol. The molecule has 1 fully saturated rings. The Morgan fingerprint density at radius 2 is 2.00 bits per heavy atom. The zero-order valence-corrected chi connectivity index (χ0v) is 11.3. The second-order valence-electron chi connectivity index (χ2n) is 5.58. The van der Waals surface area contributed by atoms with Gasteiger partial charge in [-0.25, -0.2) is 0 Å². The number of carboxylic acid groups (broad SMARTS) is 1. The van der Waals surface area contributed by atoms with Crippen LogP contribution in [0.5, 0.6) is 0 Å². The van der Waals surface area contributed by atoms with E-state index < -0.39 is 11.4 Å². The zero-order chi connectivity index (χ0) is 14.0. The van der Waals surface area contributed by atoms with Crippen LogP contribution in [0.4, 0.5) is 0 Å². The lowest BCUT2D eigenvalue weighted by Gasteiger charge is -2.26. The molecule has 1 amide bonds. The minimum atomic E-state index is -0.871. The van der Waals surface area contributed by atoms with Crippen molar-refractivity contribution in [3.05, 3.63) is 35.4 Å². The molecule has 4 heteroatoms. The summed E-state index contributed by atoms with van der Waals surface area (Å²) in [7, 11) is 0. The fraction of sp³-hybridized carbons (Fsp3) is 0.467. The summed E-state index contributed by atoms with van der Waals surface area (Å²) in [6, 6.07) is 7.95. The molecular formula is C15H19NO3. The Balaban J connectivity index is 2.33. The monoisotopic (exact) mass is 261 g/mol. The van der Waals surface area contributed by atoms with E-state index in [2.05, 4.69) is 19.2 Å². The smallest absolute Gasteiger partial charge is 0.304 e. The van der Waals surface area contributed by atoms with Crippen LogP contribution in [-0.2, 0) is 15.0 Å². The van der Waals surface area contributed by atoms with Crippen LogP contribution in [0.1, 0.15) is 43.7 Å². The van der Waals surface area contributed by atoms with Gasteiger partial charge in [-0.2, -0.15) is 0 Å². The molecule has 2 N–H and O–H groups in total. The Kier molecular flexibility index (Phi) is 3.60. The molecule has 4 nitrogen and oxygen atoms in total. The molecule has 1 atom stereocenters. The van der Waals surface area contributed by atoms with Crippen LogP contribution in [-0.4, -0.2) is 23.5 Å². The van der Waals surface area contributed by atoms with Crippen LogP contribution in [0.25, 0.3) is 0 Å². The summed E-state index contributed by atoms with van der Waals surface area (Å²) in [6.07, 6.45) is 0.229. The fourth-order valence-corrected chi connectivity index (χ4v) is 2.64. The maximum atomic E-state index is 11.5. The Morgan fingerprint density at radius 1 is 1.37 bits per heavy atom. The summed E-state index contributed by atoms with van der Waals surface area (Å²) in [5.74, 6) is -0.508. The first kappa shape index (κ1) is 13.6. The summed E-state index contributed by atoms with van der Waals surface area (Å²) in [4.78, 5) is 22.6. The quantitative estimate of drug-likeness (QED) is 0.871. The van der Waals surface area contributed by atoms with Gasteiger partial charge in [0.05, 0.1) is 6.42 Å². The average molecular weight is 261 g/mol. The number of rotatable bonds is 4. The molecule has 1 aliphatic rings. The number of carbonyl (C=O) groups is 2. The van der Waals surface area contributed by atoms with E-state index in [4.69, 9.17) is 5.11 Å². The summed E-state index contributed by atoms with van der Waals surface area (Å²) < 4.78 is 0. The highest BCUT2D eigenvalue weighted by molar-refractivity contribution is 5.83. The van der Waals surface area contributed by atoms with E-state index in [1.165, 1.54) is 5.56 Å². The molecule has 0 saturated carbocycles. The predicted octanol–water partition coefficient (Wildman–Crippen LogP) is 2.04. The largest absolute Gasteiger partial charge is 0.481 e. The van der Waals surface area contributed by atoms with Gasteiger partial charge in [0.2, 0.25) is 5.91 Å². The second-order valence-corrected chi connectivity index (χ2v) is 5.58. The standard InChI is InChI=1S/C15H19NO3/c1-10(2)11-3-5-12(6-4-11)15(8-14(18)19)7-13(17)16-9-15/h3-6,10H,7-9H2,1-2H3,(H,16,17)(H,18,19). The van der Waals surface area contributed by atoms with E-state index in [0.29, 0.717) is 12.5 Å². The van der Waals surface area contributed by atoms with E-state index in [1.54, 1.807) is 0 Å². The number of aliphatic carboxylic acids is 1. The van der Waals surface area contributed by atoms with Crippen LogP contribution in [0.3, 0.4) is 0 Å². The topological polar surface area (TPSA) is 66.4 Å². The van der Waals surface area contributed by atoms with Crippen molar-refractivity contribution < 1.29 is 14.7 Å². The predicted molar refractivity (Wildman–Crippen MR) is 72.1 cm³/mol. The highest BCUT2D eigenvalue weighted by atomic mass is 16.4. The van der Waals surface area contributed by atoms with Gasteiger partial charge in [0.15, 0.2) is 0 Å². The Bertz CT molecular complexity index is 493. The Morgan fingerprint density at radius 3 is 2.42 bits per heavy atom. The van der Waals surface area contributed by atoms with Gasteiger partial charge in [-0.05, 0) is 17.0 Å². The molecule has 0 spiro atoms. The number of benzene rings is 1. The van der Waals surface area contributed by atoms with Crippen molar-refractivity contribution >= 4 is 11.9 Å². The summed E-state index contributed by atoms with van der Waals surface area (Å²) in [6.45, 7) is 4.63. The number of carboxylic acids is 1. The average Bonchev–Trinajstić information content (AvgIpc) is 2.71. The molecule has 1 aromatic carbocycles. The number of nitrogens with one attached hydrogen (secondary N) is 1. The molecule has 1 aromatic rings. The van der Waals surface area contributed by atoms with Crippen molar-refractivity contribution in [2.75, 3.05) is 6.54 Å². The van der Waals surface area contributed by atoms with Crippen molar-refractivity contribution in [3.63, 3.8) is 0 Å². The minimum Gasteiger partial charge on any atom is -0.481 e.